The van der Waals surface area contributed by atoms with Gasteiger partial charge in [-0.15, -0.1) is 0 Å². The lowest BCUT2D eigenvalue weighted by Gasteiger charge is -2.13. The first-order valence-electron chi connectivity index (χ1n) is 6.04. The van der Waals surface area contributed by atoms with Gasteiger partial charge in [-0.25, -0.2) is 0 Å². The van der Waals surface area contributed by atoms with Gasteiger partial charge in [0.2, 0.25) is 0 Å². The normalized spacial score (nSPS) is 12.9. The third-order valence-electron chi connectivity index (χ3n) is 2.38. The first kappa shape index (κ1) is 18.0. The highest BCUT2D eigenvalue weighted by molar-refractivity contribution is 7.93. The summed E-state index contributed by atoms with van der Waals surface area (Å²) in [6.07, 6.45) is 0. The molecule has 0 unspecified atom stereocenters. The quantitative estimate of drug-likeness (QED) is 0.492. The summed E-state index contributed by atoms with van der Waals surface area (Å²) in [5, 5.41) is 3.73. The lowest BCUT2D eigenvalue weighted by molar-refractivity contribution is -0.0429. The molecule has 0 aromatic heterocycles. The zero-order valence-corrected chi connectivity index (χ0v) is 12.8. The molecule has 0 aliphatic heterocycles. The van der Waals surface area contributed by atoms with E-state index in [0.29, 0.717) is 5.57 Å². The third-order valence-corrected chi connectivity index (χ3v) is 3.48. The summed E-state index contributed by atoms with van der Waals surface area (Å²) in [7, 11) is -5.50. The number of nitrogens with zero attached hydrogens (tertiary/aromatic N) is 1. The molecular weight excluding hydrogens is 321 g/mol. The number of para-hydroxylation sites is 1. The van der Waals surface area contributed by atoms with Gasteiger partial charge in [0.25, 0.3) is 0 Å². The van der Waals surface area contributed by atoms with E-state index < -0.39 is 15.5 Å². The molecular formula is C13H15F3N2O3S. The maximum absolute atomic E-state index is 12.4. The van der Waals surface area contributed by atoms with Gasteiger partial charge in [0, 0.05) is 5.56 Å². The van der Waals surface area contributed by atoms with Crippen LogP contribution in [-0.4, -0.2) is 26.2 Å². The van der Waals surface area contributed by atoms with Crippen LogP contribution in [0, 0.1) is 0 Å². The summed E-state index contributed by atoms with van der Waals surface area (Å²) < 4.78 is 61.1. The topological polar surface area (TPSA) is 67.8 Å². The summed E-state index contributed by atoms with van der Waals surface area (Å²) in [4.78, 5) is 4.95. The standard InChI is InChI=1S/C13H15F3N2O3S/c1-9(2)8-21-17-10(3)11-6-4-5-7-12(11)18-22(19,20)13(14,15)16/h4-7,18H,1,8H2,2-3H3/b17-10+. The van der Waals surface area contributed by atoms with Crippen molar-refractivity contribution in [3.63, 3.8) is 0 Å². The van der Waals surface area contributed by atoms with Gasteiger partial charge >= 0.3 is 15.5 Å². The molecule has 0 radical (unpaired) electrons. The minimum absolute atomic E-state index is 0.147. The van der Waals surface area contributed by atoms with E-state index in [0.717, 1.165) is 0 Å². The van der Waals surface area contributed by atoms with Gasteiger partial charge in [-0.05, 0) is 25.5 Å². The average molecular weight is 336 g/mol. The molecule has 22 heavy (non-hydrogen) atoms. The highest BCUT2D eigenvalue weighted by atomic mass is 32.2. The molecule has 0 bridgehead atoms. The minimum atomic E-state index is -5.50. The van der Waals surface area contributed by atoms with E-state index in [1.54, 1.807) is 13.0 Å². The number of hydrogen-bond acceptors (Lipinski definition) is 4. The van der Waals surface area contributed by atoms with E-state index in [2.05, 4.69) is 11.7 Å². The number of benzene rings is 1. The first-order valence-corrected chi connectivity index (χ1v) is 7.52. The summed E-state index contributed by atoms with van der Waals surface area (Å²) in [5.41, 5.74) is -4.52. The van der Waals surface area contributed by atoms with Crippen LogP contribution in [0.5, 0.6) is 0 Å². The maximum Gasteiger partial charge on any atom is 0.516 e. The predicted octanol–water partition coefficient (Wildman–Crippen LogP) is 3.26. The lowest BCUT2D eigenvalue weighted by atomic mass is 10.1. The molecule has 1 aromatic carbocycles. The van der Waals surface area contributed by atoms with E-state index in [1.165, 1.54) is 29.8 Å². The van der Waals surface area contributed by atoms with Crippen molar-refractivity contribution in [1.29, 1.82) is 0 Å². The molecule has 0 spiro atoms. The van der Waals surface area contributed by atoms with E-state index in [1.807, 2.05) is 0 Å². The summed E-state index contributed by atoms with van der Waals surface area (Å²) in [6, 6.07) is 5.58. The number of sulfonamides is 1. The molecule has 1 N–H and O–H groups in total. The zero-order chi connectivity index (χ0) is 17.0. The van der Waals surface area contributed by atoms with E-state index in [9.17, 15) is 21.6 Å². The number of rotatable bonds is 6. The highest BCUT2D eigenvalue weighted by Gasteiger charge is 2.46. The van der Waals surface area contributed by atoms with Crippen molar-refractivity contribution in [1.82, 2.24) is 0 Å². The Kier molecular flexibility index (Phi) is 5.59. The zero-order valence-electron chi connectivity index (χ0n) is 11.9. The van der Waals surface area contributed by atoms with Crippen LogP contribution in [0.1, 0.15) is 19.4 Å². The number of anilines is 1. The molecule has 0 saturated heterocycles. The van der Waals surface area contributed by atoms with Crippen LogP contribution in [0.4, 0.5) is 18.9 Å². The molecule has 9 heteroatoms. The number of nitrogens with one attached hydrogen (secondary N) is 1. The van der Waals surface area contributed by atoms with Gasteiger partial charge in [-0.2, -0.15) is 21.6 Å². The molecule has 5 nitrogen and oxygen atoms in total. The van der Waals surface area contributed by atoms with Crippen molar-refractivity contribution >= 4 is 21.4 Å². The van der Waals surface area contributed by atoms with Crippen LogP contribution < -0.4 is 4.72 Å². The van der Waals surface area contributed by atoms with Gasteiger partial charge in [0.1, 0.15) is 6.61 Å². The molecule has 0 atom stereocenters. The average Bonchev–Trinajstić information content (AvgIpc) is 2.37. The number of oxime groups is 1. The monoisotopic (exact) mass is 336 g/mol. The number of hydrogen-bond donors (Lipinski definition) is 1. The Labute approximate surface area is 126 Å². The van der Waals surface area contributed by atoms with Crippen LogP contribution in [0.25, 0.3) is 0 Å². The summed E-state index contributed by atoms with van der Waals surface area (Å²) in [5.74, 6) is 0. The number of alkyl halides is 3. The molecule has 1 aromatic rings. The lowest BCUT2D eigenvalue weighted by Crippen LogP contribution is -2.30. The number of halogens is 3. The van der Waals surface area contributed by atoms with E-state index >= 15 is 0 Å². The second-order valence-electron chi connectivity index (χ2n) is 4.50. The Hall–Kier alpha value is -2.03. The SMILES string of the molecule is C=C(C)CO/N=C(\C)c1ccccc1NS(=O)(=O)C(F)(F)F. The Morgan fingerprint density at radius 3 is 2.45 bits per heavy atom. The molecule has 122 valence electrons. The Morgan fingerprint density at radius 1 is 1.32 bits per heavy atom. The van der Waals surface area contributed by atoms with E-state index in [-0.39, 0.29) is 23.6 Å². The van der Waals surface area contributed by atoms with E-state index in [4.69, 9.17) is 4.84 Å². The molecule has 0 aliphatic rings. The highest BCUT2D eigenvalue weighted by Crippen LogP contribution is 2.27. The Morgan fingerprint density at radius 2 is 1.91 bits per heavy atom. The van der Waals surface area contributed by atoms with Gasteiger partial charge in [-0.3, -0.25) is 4.72 Å². The second kappa shape index (κ2) is 6.82. The van der Waals surface area contributed by atoms with Crippen molar-refractivity contribution in [2.24, 2.45) is 5.16 Å². The van der Waals surface area contributed by atoms with Crippen molar-refractivity contribution < 1.29 is 26.4 Å². The smallest absolute Gasteiger partial charge is 0.391 e. The molecule has 0 heterocycles. The van der Waals surface area contributed by atoms with Crippen molar-refractivity contribution in [3.05, 3.63) is 42.0 Å². The van der Waals surface area contributed by atoms with Crippen LogP contribution in [0.15, 0.2) is 41.6 Å². The van der Waals surface area contributed by atoms with Crippen molar-refractivity contribution in [2.45, 2.75) is 19.4 Å². The van der Waals surface area contributed by atoms with Gasteiger partial charge < -0.3 is 4.84 Å². The fraction of sp³-hybridized carbons (Fsp3) is 0.308. The van der Waals surface area contributed by atoms with Crippen LogP contribution in [-0.2, 0) is 14.9 Å². The van der Waals surface area contributed by atoms with Crippen molar-refractivity contribution in [3.8, 4) is 0 Å². The Balaban J connectivity index is 3.07. The molecule has 0 aliphatic carbocycles. The molecule has 0 fully saturated rings. The minimum Gasteiger partial charge on any atom is -0.391 e. The van der Waals surface area contributed by atoms with Gasteiger partial charge in [0.15, 0.2) is 0 Å². The summed E-state index contributed by atoms with van der Waals surface area (Å²) >= 11 is 0. The third kappa shape index (κ3) is 4.76. The van der Waals surface area contributed by atoms with Crippen molar-refractivity contribution in [2.75, 3.05) is 11.3 Å². The van der Waals surface area contributed by atoms with Crippen LogP contribution in [0.2, 0.25) is 0 Å². The largest absolute Gasteiger partial charge is 0.516 e. The molecule has 1 rings (SSSR count). The first-order chi connectivity index (χ1) is 10.0. The fourth-order valence-electron chi connectivity index (χ4n) is 1.38. The van der Waals surface area contributed by atoms with Crippen LogP contribution in [0.3, 0.4) is 0 Å². The summed E-state index contributed by atoms with van der Waals surface area (Å²) in [6.45, 7) is 6.96. The van der Waals surface area contributed by atoms with Crippen LogP contribution >= 0.6 is 0 Å². The van der Waals surface area contributed by atoms with Gasteiger partial charge in [-0.1, -0.05) is 29.9 Å². The fourth-order valence-corrected chi connectivity index (χ4v) is 1.96. The molecule has 0 amide bonds. The molecule has 0 saturated carbocycles. The Bertz CT molecular complexity index is 682. The predicted molar refractivity (Wildman–Crippen MR) is 78.0 cm³/mol. The second-order valence-corrected chi connectivity index (χ2v) is 6.18. The van der Waals surface area contributed by atoms with Gasteiger partial charge in [0.05, 0.1) is 11.4 Å². The maximum atomic E-state index is 12.4.